The second-order valence-corrected chi connectivity index (χ2v) is 5.60. The summed E-state index contributed by atoms with van der Waals surface area (Å²) in [5.74, 6) is 0. The first-order valence-corrected chi connectivity index (χ1v) is 6.85. The Bertz CT molecular complexity index is 475. The predicted molar refractivity (Wildman–Crippen MR) is 69.3 cm³/mol. The molecule has 16 heavy (non-hydrogen) atoms. The Labute approximate surface area is 103 Å². The largest absolute Gasteiger partial charge is 0.363 e. The van der Waals surface area contributed by atoms with E-state index in [2.05, 4.69) is 27.4 Å². The molecule has 0 aliphatic rings. The van der Waals surface area contributed by atoms with Gasteiger partial charge in [-0.2, -0.15) is 0 Å². The number of aromatic nitrogens is 3. The molecular formula is C10H14N4S2. The molecule has 86 valence electrons. The molecule has 2 aromatic heterocycles. The summed E-state index contributed by atoms with van der Waals surface area (Å²) in [6.07, 6.45) is 2.11. The average Bonchev–Trinajstić information content (AvgIpc) is 2.85. The van der Waals surface area contributed by atoms with Gasteiger partial charge in [0.15, 0.2) is 5.01 Å². The van der Waals surface area contributed by atoms with Gasteiger partial charge in [0.2, 0.25) is 5.13 Å². The molecule has 0 bridgehead atoms. The van der Waals surface area contributed by atoms with Gasteiger partial charge >= 0.3 is 0 Å². The molecule has 2 aromatic rings. The summed E-state index contributed by atoms with van der Waals surface area (Å²) in [4.78, 5) is 5.73. The van der Waals surface area contributed by atoms with Crippen molar-refractivity contribution in [2.24, 2.45) is 0 Å². The van der Waals surface area contributed by atoms with E-state index in [1.165, 1.54) is 4.88 Å². The fourth-order valence-corrected chi connectivity index (χ4v) is 3.21. The van der Waals surface area contributed by atoms with Crippen molar-refractivity contribution < 1.29 is 0 Å². The number of thiazole rings is 1. The Kier molecular flexibility index (Phi) is 3.50. The molecule has 4 nitrogen and oxygen atoms in total. The summed E-state index contributed by atoms with van der Waals surface area (Å²) in [5.41, 5.74) is 1.16. The van der Waals surface area contributed by atoms with Crippen LogP contribution in [-0.4, -0.2) is 22.2 Å². The third-order valence-corrected chi connectivity index (χ3v) is 4.23. The van der Waals surface area contributed by atoms with Gasteiger partial charge in [0.25, 0.3) is 0 Å². The van der Waals surface area contributed by atoms with Crippen molar-refractivity contribution in [3.8, 4) is 9.88 Å². The van der Waals surface area contributed by atoms with Crippen molar-refractivity contribution in [2.75, 3.05) is 12.4 Å². The molecule has 0 saturated carbocycles. The molecule has 0 aliphatic heterocycles. The third kappa shape index (κ3) is 2.22. The van der Waals surface area contributed by atoms with Crippen molar-refractivity contribution in [3.63, 3.8) is 0 Å². The van der Waals surface area contributed by atoms with Crippen LogP contribution in [0.25, 0.3) is 9.88 Å². The van der Waals surface area contributed by atoms with Crippen LogP contribution in [0, 0.1) is 6.92 Å². The van der Waals surface area contributed by atoms with Gasteiger partial charge in [-0.05, 0) is 13.3 Å². The van der Waals surface area contributed by atoms with Crippen LogP contribution >= 0.6 is 22.7 Å². The molecule has 1 N–H and O–H groups in total. The number of hydrogen-bond acceptors (Lipinski definition) is 6. The molecule has 0 aliphatic carbocycles. The Morgan fingerprint density at radius 1 is 1.25 bits per heavy atom. The van der Waals surface area contributed by atoms with E-state index in [1.807, 2.05) is 14.0 Å². The number of aryl methyl sites for hydroxylation is 2. The standard InChI is InChI=1S/C10H14N4S2/c1-4-5-7-8(15-6(2)12-7)9-13-14-10(11-3)16-9/h4-5H2,1-3H3,(H,11,14). The second-order valence-electron chi connectivity index (χ2n) is 3.42. The quantitative estimate of drug-likeness (QED) is 0.911. The number of anilines is 1. The molecule has 0 fully saturated rings. The summed E-state index contributed by atoms with van der Waals surface area (Å²) in [5, 5.41) is 14.2. The Balaban J connectivity index is 2.37. The summed E-state index contributed by atoms with van der Waals surface area (Å²) in [7, 11) is 1.86. The highest BCUT2D eigenvalue weighted by Crippen LogP contribution is 2.34. The number of nitrogens with zero attached hydrogens (tertiary/aromatic N) is 3. The van der Waals surface area contributed by atoms with Gasteiger partial charge in [-0.3, -0.25) is 0 Å². The van der Waals surface area contributed by atoms with Gasteiger partial charge in [-0.25, -0.2) is 4.98 Å². The first-order valence-electron chi connectivity index (χ1n) is 5.22. The van der Waals surface area contributed by atoms with E-state index >= 15 is 0 Å². The van der Waals surface area contributed by atoms with Crippen molar-refractivity contribution in [2.45, 2.75) is 26.7 Å². The smallest absolute Gasteiger partial charge is 0.205 e. The topological polar surface area (TPSA) is 50.7 Å². The average molecular weight is 254 g/mol. The highest BCUT2D eigenvalue weighted by atomic mass is 32.1. The lowest BCUT2D eigenvalue weighted by Crippen LogP contribution is -1.86. The van der Waals surface area contributed by atoms with E-state index < -0.39 is 0 Å². The maximum absolute atomic E-state index is 4.55. The molecule has 2 heterocycles. The molecule has 0 amide bonds. The minimum atomic E-state index is 0.850. The molecule has 0 saturated heterocycles. The predicted octanol–water partition coefficient (Wildman–Crippen LogP) is 2.96. The Morgan fingerprint density at radius 3 is 2.69 bits per heavy atom. The summed E-state index contributed by atoms with van der Waals surface area (Å²) >= 11 is 3.28. The molecule has 2 rings (SSSR count). The molecule has 0 unspecified atom stereocenters. The van der Waals surface area contributed by atoms with Crippen LogP contribution in [-0.2, 0) is 6.42 Å². The SMILES string of the molecule is CCCc1nc(C)sc1-c1nnc(NC)s1. The zero-order chi connectivity index (χ0) is 11.5. The summed E-state index contributed by atoms with van der Waals surface area (Å²) in [6, 6.07) is 0. The van der Waals surface area contributed by atoms with Crippen LogP contribution in [0.5, 0.6) is 0 Å². The van der Waals surface area contributed by atoms with Gasteiger partial charge in [0, 0.05) is 7.05 Å². The van der Waals surface area contributed by atoms with Crippen molar-refractivity contribution >= 4 is 27.8 Å². The van der Waals surface area contributed by atoms with Crippen LogP contribution in [0.15, 0.2) is 0 Å². The summed E-state index contributed by atoms with van der Waals surface area (Å²) in [6.45, 7) is 4.20. The van der Waals surface area contributed by atoms with Crippen LogP contribution in [0.4, 0.5) is 5.13 Å². The Hall–Kier alpha value is -1.01. The van der Waals surface area contributed by atoms with Crippen molar-refractivity contribution in [3.05, 3.63) is 10.7 Å². The van der Waals surface area contributed by atoms with Gasteiger partial charge in [0.1, 0.15) is 0 Å². The van der Waals surface area contributed by atoms with Crippen LogP contribution in [0.2, 0.25) is 0 Å². The molecule has 0 radical (unpaired) electrons. The monoisotopic (exact) mass is 254 g/mol. The minimum absolute atomic E-state index is 0.850. The lowest BCUT2D eigenvalue weighted by Gasteiger charge is -1.94. The molecular weight excluding hydrogens is 240 g/mol. The van der Waals surface area contributed by atoms with Gasteiger partial charge in [0.05, 0.1) is 15.6 Å². The van der Waals surface area contributed by atoms with E-state index in [1.54, 1.807) is 22.7 Å². The fourth-order valence-electron chi connectivity index (χ4n) is 1.46. The van der Waals surface area contributed by atoms with Gasteiger partial charge < -0.3 is 5.32 Å². The van der Waals surface area contributed by atoms with E-state index in [4.69, 9.17) is 0 Å². The normalized spacial score (nSPS) is 10.7. The first kappa shape index (κ1) is 11.5. The first-order chi connectivity index (χ1) is 7.74. The highest BCUT2D eigenvalue weighted by Gasteiger charge is 2.14. The molecule has 0 aromatic carbocycles. The molecule has 0 atom stereocenters. The van der Waals surface area contributed by atoms with E-state index in [0.29, 0.717) is 0 Å². The maximum atomic E-state index is 4.55. The van der Waals surface area contributed by atoms with Crippen molar-refractivity contribution in [1.82, 2.24) is 15.2 Å². The summed E-state index contributed by atoms with van der Waals surface area (Å²) < 4.78 is 0. The van der Waals surface area contributed by atoms with Crippen LogP contribution < -0.4 is 5.32 Å². The lowest BCUT2D eigenvalue weighted by molar-refractivity contribution is 0.888. The maximum Gasteiger partial charge on any atom is 0.205 e. The Morgan fingerprint density at radius 2 is 2.06 bits per heavy atom. The van der Waals surface area contributed by atoms with Gasteiger partial charge in [-0.1, -0.05) is 24.7 Å². The highest BCUT2D eigenvalue weighted by molar-refractivity contribution is 7.23. The van der Waals surface area contributed by atoms with E-state index in [0.717, 1.165) is 33.7 Å². The minimum Gasteiger partial charge on any atom is -0.363 e. The van der Waals surface area contributed by atoms with E-state index in [9.17, 15) is 0 Å². The zero-order valence-corrected chi connectivity index (χ0v) is 11.2. The van der Waals surface area contributed by atoms with Gasteiger partial charge in [-0.15, -0.1) is 21.5 Å². The van der Waals surface area contributed by atoms with Crippen LogP contribution in [0.3, 0.4) is 0 Å². The fraction of sp³-hybridized carbons (Fsp3) is 0.500. The molecule has 0 spiro atoms. The zero-order valence-electron chi connectivity index (χ0n) is 9.57. The van der Waals surface area contributed by atoms with Crippen LogP contribution in [0.1, 0.15) is 24.0 Å². The lowest BCUT2D eigenvalue weighted by atomic mass is 10.2. The molecule has 6 heteroatoms. The third-order valence-electron chi connectivity index (χ3n) is 2.12. The van der Waals surface area contributed by atoms with Crippen molar-refractivity contribution in [1.29, 1.82) is 0 Å². The number of nitrogens with one attached hydrogen (secondary N) is 1. The number of hydrogen-bond donors (Lipinski definition) is 1. The second kappa shape index (κ2) is 4.88. The van der Waals surface area contributed by atoms with E-state index in [-0.39, 0.29) is 0 Å². The number of rotatable bonds is 4.